The summed E-state index contributed by atoms with van der Waals surface area (Å²) in [5.41, 5.74) is -1.29. The van der Waals surface area contributed by atoms with Crippen molar-refractivity contribution in [3.8, 4) is 6.07 Å². The molecule has 2 nitrogen and oxygen atoms in total. The average molecular weight is 237 g/mol. The SMILES string of the molecule is CCCCCC(C)(O)C1(C#N)CCCCCC1. The van der Waals surface area contributed by atoms with Crippen molar-refractivity contribution in [1.29, 1.82) is 5.26 Å². The van der Waals surface area contributed by atoms with Gasteiger partial charge in [-0.3, -0.25) is 0 Å². The standard InChI is InChI=1S/C15H27NO/c1-3-4-7-10-14(2,17)15(13-16)11-8-5-6-9-12-15/h17H,3-12H2,1-2H3. The van der Waals surface area contributed by atoms with Crippen LogP contribution in [-0.2, 0) is 0 Å². The maximum absolute atomic E-state index is 10.7. The molecule has 0 radical (unpaired) electrons. The monoisotopic (exact) mass is 237 g/mol. The van der Waals surface area contributed by atoms with Crippen LogP contribution in [0.5, 0.6) is 0 Å². The van der Waals surface area contributed by atoms with Gasteiger partial charge in [-0.05, 0) is 26.2 Å². The Kier molecular flexibility index (Phi) is 5.46. The van der Waals surface area contributed by atoms with E-state index in [0.717, 1.165) is 51.4 Å². The first kappa shape index (κ1) is 14.5. The fourth-order valence-electron chi connectivity index (χ4n) is 3.06. The minimum absolute atomic E-state index is 0.489. The summed E-state index contributed by atoms with van der Waals surface area (Å²) < 4.78 is 0. The summed E-state index contributed by atoms with van der Waals surface area (Å²) in [6.07, 6.45) is 10.5. The van der Waals surface area contributed by atoms with Crippen molar-refractivity contribution >= 4 is 0 Å². The van der Waals surface area contributed by atoms with Crippen LogP contribution in [0.4, 0.5) is 0 Å². The maximum atomic E-state index is 10.7. The number of hydrogen-bond donors (Lipinski definition) is 1. The molecule has 0 amide bonds. The van der Waals surface area contributed by atoms with Crippen LogP contribution in [0, 0.1) is 16.7 Å². The van der Waals surface area contributed by atoms with Crippen LogP contribution in [0.3, 0.4) is 0 Å². The van der Waals surface area contributed by atoms with Crippen LogP contribution in [0.1, 0.15) is 78.1 Å². The number of rotatable bonds is 5. The van der Waals surface area contributed by atoms with Crippen molar-refractivity contribution < 1.29 is 5.11 Å². The third-order valence-electron chi connectivity index (χ3n) is 4.47. The summed E-state index contributed by atoms with van der Waals surface area (Å²) in [5, 5.41) is 20.3. The van der Waals surface area contributed by atoms with Gasteiger partial charge in [-0.15, -0.1) is 0 Å². The first-order chi connectivity index (χ1) is 8.08. The molecule has 0 aromatic heterocycles. The lowest BCUT2D eigenvalue weighted by atomic mass is 9.67. The van der Waals surface area contributed by atoms with Crippen LogP contribution in [-0.4, -0.2) is 10.7 Å². The predicted octanol–water partition coefficient (Wildman–Crippen LogP) is 4.18. The summed E-state index contributed by atoms with van der Waals surface area (Å²) in [7, 11) is 0. The van der Waals surface area contributed by atoms with Gasteiger partial charge < -0.3 is 5.11 Å². The fraction of sp³-hybridized carbons (Fsp3) is 0.933. The van der Waals surface area contributed by atoms with Crippen LogP contribution < -0.4 is 0 Å². The molecule has 0 saturated heterocycles. The van der Waals surface area contributed by atoms with Crippen LogP contribution in [0.25, 0.3) is 0 Å². The van der Waals surface area contributed by atoms with Crippen molar-refractivity contribution in [2.75, 3.05) is 0 Å². The Bertz CT molecular complexity index is 257. The molecule has 1 unspecified atom stereocenters. The molecule has 1 saturated carbocycles. The molecule has 1 N–H and O–H groups in total. The van der Waals surface area contributed by atoms with Gasteiger partial charge in [-0.1, -0.05) is 51.9 Å². The summed E-state index contributed by atoms with van der Waals surface area (Å²) in [5.74, 6) is 0. The second-order valence-corrected chi connectivity index (χ2v) is 5.84. The Labute approximate surface area is 106 Å². The van der Waals surface area contributed by atoms with E-state index < -0.39 is 11.0 Å². The van der Waals surface area contributed by atoms with Crippen molar-refractivity contribution in [3.63, 3.8) is 0 Å². The highest BCUT2D eigenvalue weighted by Crippen LogP contribution is 2.45. The van der Waals surface area contributed by atoms with E-state index in [-0.39, 0.29) is 0 Å². The summed E-state index contributed by atoms with van der Waals surface area (Å²) in [4.78, 5) is 0. The minimum Gasteiger partial charge on any atom is -0.389 e. The Hall–Kier alpha value is -0.550. The Morgan fingerprint density at radius 1 is 1.18 bits per heavy atom. The lowest BCUT2D eigenvalue weighted by molar-refractivity contribution is -0.0555. The molecule has 98 valence electrons. The lowest BCUT2D eigenvalue weighted by Gasteiger charge is -2.40. The van der Waals surface area contributed by atoms with E-state index in [2.05, 4.69) is 13.0 Å². The number of aliphatic hydroxyl groups is 1. The second kappa shape index (κ2) is 6.40. The highest BCUT2D eigenvalue weighted by atomic mass is 16.3. The molecular formula is C15H27NO. The van der Waals surface area contributed by atoms with E-state index in [1.54, 1.807) is 0 Å². The van der Waals surface area contributed by atoms with Gasteiger partial charge >= 0.3 is 0 Å². The normalized spacial score (nSPS) is 23.4. The molecule has 17 heavy (non-hydrogen) atoms. The number of nitriles is 1. The lowest BCUT2D eigenvalue weighted by Crippen LogP contribution is -2.44. The number of hydrogen-bond acceptors (Lipinski definition) is 2. The molecule has 2 heteroatoms. The molecule has 0 aromatic rings. The molecule has 0 bridgehead atoms. The maximum Gasteiger partial charge on any atom is 0.0857 e. The van der Waals surface area contributed by atoms with E-state index in [1.807, 2.05) is 6.92 Å². The molecule has 0 spiro atoms. The van der Waals surface area contributed by atoms with Gasteiger partial charge in [-0.2, -0.15) is 5.26 Å². The van der Waals surface area contributed by atoms with E-state index >= 15 is 0 Å². The molecule has 0 heterocycles. The Morgan fingerprint density at radius 2 is 1.76 bits per heavy atom. The molecule has 0 aromatic carbocycles. The minimum atomic E-state index is -0.804. The largest absolute Gasteiger partial charge is 0.389 e. The Morgan fingerprint density at radius 3 is 2.24 bits per heavy atom. The van der Waals surface area contributed by atoms with Crippen LogP contribution in [0.15, 0.2) is 0 Å². The van der Waals surface area contributed by atoms with Crippen molar-refractivity contribution in [2.45, 2.75) is 83.7 Å². The molecule has 1 aliphatic rings. The summed E-state index contributed by atoms with van der Waals surface area (Å²) in [6.45, 7) is 4.05. The smallest absolute Gasteiger partial charge is 0.0857 e. The van der Waals surface area contributed by atoms with Gasteiger partial charge in [0.05, 0.1) is 17.1 Å². The highest BCUT2D eigenvalue weighted by Gasteiger charge is 2.46. The first-order valence-electron chi connectivity index (χ1n) is 7.21. The number of nitrogens with zero attached hydrogens (tertiary/aromatic N) is 1. The van der Waals surface area contributed by atoms with Crippen molar-refractivity contribution in [2.24, 2.45) is 5.41 Å². The van der Waals surface area contributed by atoms with Gasteiger partial charge in [0, 0.05) is 0 Å². The van der Waals surface area contributed by atoms with Crippen molar-refractivity contribution in [1.82, 2.24) is 0 Å². The molecule has 0 aliphatic heterocycles. The van der Waals surface area contributed by atoms with E-state index in [0.29, 0.717) is 0 Å². The van der Waals surface area contributed by atoms with Gasteiger partial charge in [0.2, 0.25) is 0 Å². The predicted molar refractivity (Wildman–Crippen MR) is 70.5 cm³/mol. The van der Waals surface area contributed by atoms with Crippen LogP contribution >= 0.6 is 0 Å². The van der Waals surface area contributed by atoms with Gasteiger partial charge in [0.1, 0.15) is 0 Å². The van der Waals surface area contributed by atoms with E-state index in [4.69, 9.17) is 0 Å². The summed E-state index contributed by atoms with van der Waals surface area (Å²) >= 11 is 0. The molecule has 1 rings (SSSR count). The third-order valence-corrected chi connectivity index (χ3v) is 4.47. The topological polar surface area (TPSA) is 44.0 Å². The highest BCUT2D eigenvalue weighted by molar-refractivity contribution is 5.10. The van der Waals surface area contributed by atoms with E-state index in [9.17, 15) is 10.4 Å². The second-order valence-electron chi connectivity index (χ2n) is 5.84. The Balaban J connectivity index is 2.71. The molecular weight excluding hydrogens is 210 g/mol. The number of unbranched alkanes of at least 4 members (excludes halogenated alkanes) is 2. The third kappa shape index (κ3) is 3.45. The summed E-state index contributed by atoms with van der Waals surface area (Å²) in [6, 6.07) is 2.47. The fourth-order valence-corrected chi connectivity index (χ4v) is 3.06. The average Bonchev–Trinajstić information content (AvgIpc) is 2.55. The van der Waals surface area contributed by atoms with Crippen LogP contribution in [0.2, 0.25) is 0 Å². The quantitative estimate of drug-likeness (QED) is 0.576. The van der Waals surface area contributed by atoms with Gasteiger partial charge in [0.25, 0.3) is 0 Å². The first-order valence-corrected chi connectivity index (χ1v) is 7.21. The molecule has 1 fully saturated rings. The zero-order chi connectivity index (χ0) is 12.8. The molecule has 1 aliphatic carbocycles. The van der Waals surface area contributed by atoms with Gasteiger partial charge in [0.15, 0.2) is 0 Å². The molecule has 1 atom stereocenters. The van der Waals surface area contributed by atoms with Gasteiger partial charge in [-0.25, -0.2) is 0 Å². The zero-order valence-electron chi connectivity index (χ0n) is 11.5. The zero-order valence-corrected chi connectivity index (χ0v) is 11.5. The van der Waals surface area contributed by atoms with E-state index in [1.165, 1.54) is 12.8 Å². The van der Waals surface area contributed by atoms with Crippen molar-refractivity contribution in [3.05, 3.63) is 0 Å².